The van der Waals surface area contributed by atoms with Crippen molar-refractivity contribution in [3.8, 4) is 0 Å². The summed E-state index contributed by atoms with van der Waals surface area (Å²) in [6.45, 7) is 7.47. The average molecular weight is 375 g/mol. The highest BCUT2D eigenvalue weighted by Crippen LogP contribution is 2.35. The summed E-state index contributed by atoms with van der Waals surface area (Å²) >= 11 is 0. The van der Waals surface area contributed by atoms with Crippen LogP contribution in [0.2, 0.25) is 0 Å². The molecule has 6 nitrogen and oxygen atoms in total. The number of carbonyl (C=O) groups excluding carboxylic acids is 3. The molecule has 1 N–H and O–H groups in total. The Morgan fingerprint density at radius 3 is 2.41 bits per heavy atom. The van der Waals surface area contributed by atoms with E-state index in [0.29, 0.717) is 29.0 Å². The lowest BCUT2D eigenvalue weighted by Crippen LogP contribution is -2.36. The van der Waals surface area contributed by atoms with Crippen molar-refractivity contribution < 1.29 is 23.9 Å². The minimum Gasteiger partial charge on any atom is -0.460 e. The molecule has 1 aromatic rings. The Labute approximate surface area is 160 Å². The van der Waals surface area contributed by atoms with E-state index in [-0.39, 0.29) is 12.0 Å². The van der Waals surface area contributed by atoms with Gasteiger partial charge in [-0.15, -0.1) is 0 Å². The van der Waals surface area contributed by atoms with E-state index >= 15 is 0 Å². The molecule has 0 aliphatic heterocycles. The standard InChI is InChI=1S/C21H29NO5/c1-13(2)18-10-5-14(3)11-19(18)27-20(24)12-26-21(25)16-6-8-17(9-7-16)22-15(4)23/h6-9,13-14,18-19H,5,10-12H2,1-4H3,(H,22,23)/t14-,18-,19+/m1/s1. The molecule has 0 heterocycles. The van der Waals surface area contributed by atoms with Crippen molar-refractivity contribution in [2.24, 2.45) is 17.8 Å². The number of esters is 2. The molecule has 1 aliphatic rings. The zero-order chi connectivity index (χ0) is 20.0. The molecule has 0 saturated heterocycles. The fraction of sp³-hybridized carbons (Fsp3) is 0.571. The molecule has 0 radical (unpaired) electrons. The largest absolute Gasteiger partial charge is 0.460 e. The maximum absolute atomic E-state index is 12.2. The van der Waals surface area contributed by atoms with Gasteiger partial charge in [-0.3, -0.25) is 4.79 Å². The van der Waals surface area contributed by atoms with Crippen molar-refractivity contribution in [1.82, 2.24) is 0 Å². The summed E-state index contributed by atoms with van der Waals surface area (Å²) in [6.07, 6.45) is 2.95. The summed E-state index contributed by atoms with van der Waals surface area (Å²) in [5.74, 6) is 0.0242. The zero-order valence-corrected chi connectivity index (χ0v) is 16.5. The lowest BCUT2D eigenvalue weighted by molar-refractivity contribution is -0.159. The van der Waals surface area contributed by atoms with Crippen LogP contribution < -0.4 is 5.32 Å². The number of benzene rings is 1. The molecule has 0 spiro atoms. The summed E-state index contributed by atoms with van der Waals surface area (Å²) in [6, 6.07) is 6.28. The maximum Gasteiger partial charge on any atom is 0.344 e. The van der Waals surface area contributed by atoms with Gasteiger partial charge in [0.15, 0.2) is 6.61 Å². The number of hydrogen-bond donors (Lipinski definition) is 1. The number of ether oxygens (including phenoxy) is 2. The summed E-state index contributed by atoms with van der Waals surface area (Å²) in [5.41, 5.74) is 0.896. The predicted molar refractivity (Wildman–Crippen MR) is 102 cm³/mol. The van der Waals surface area contributed by atoms with Crippen LogP contribution in [0.15, 0.2) is 24.3 Å². The normalized spacial score (nSPS) is 22.2. The smallest absolute Gasteiger partial charge is 0.344 e. The second-order valence-corrected chi connectivity index (χ2v) is 7.69. The van der Waals surface area contributed by atoms with Gasteiger partial charge in [0.1, 0.15) is 6.10 Å². The maximum atomic E-state index is 12.2. The van der Waals surface area contributed by atoms with E-state index < -0.39 is 18.5 Å². The first-order valence-electron chi connectivity index (χ1n) is 9.50. The van der Waals surface area contributed by atoms with Gasteiger partial charge in [0.25, 0.3) is 0 Å². The van der Waals surface area contributed by atoms with Crippen molar-refractivity contribution in [3.63, 3.8) is 0 Å². The van der Waals surface area contributed by atoms with E-state index in [2.05, 4.69) is 26.1 Å². The molecule has 0 bridgehead atoms. The van der Waals surface area contributed by atoms with E-state index in [1.54, 1.807) is 12.1 Å². The minimum atomic E-state index is -0.598. The molecule has 1 aliphatic carbocycles. The fourth-order valence-electron chi connectivity index (χ4n) is 3.55. The van der Waals surface area contributed by atoms with Gasteiger partial charge in [-0.05, 0) is 54.9 Å². The van der Waals surface area contributed by atoms with E-state index in [1.165, 1.54) is 19.1 Å². The summed E-state index contributed by atoms with van der Waals surface area (Å²) in [5, 5.41) is 2.62. The molecular formula is C21H29NO5. The van der Waals surface area contributed by atoms with E-state index in [1.807, 2.05) is 0 Å². The lowest BCUT2D eigenvalue weighted by Gasteiger charge is -2.36. The molecule has 1 amide bonds. The van der Waals surface area contributed by atoms with Crippen LogP contribution in [0, 0.1) is 17.8 Å². The van der Waals surface area contributed by atoms with Gasteiger partial charge in [-0.2, -0.15) is 0 Å². The number of nitrogens with one attached hydrogen (secondary N) is 1. The van der Waals surface area contributed by atoms with E-state index in [0.717, 1.165) is 19.3 Å². The summed E-state index contributed by atoms with van der Waals surface area (Å²) in [7, 11) is 0. The number of amides is 1. The Kier molecular flexibility index (Phi) is 7.39. The van der Waals surface area contributed by atoms with Crippen LogP contribution in [0.3, 0.4) is 0 Å². The number of rotatable bonds is 6. The second kappa shape index (κ2) is 9.53. The molecule has 1 saturated carbocycles. The number of anilines is 1. The van der Waals surface area contributed by atoms with Crippen LogP contribution in [0.25, 0.3) is 0 Å². The third-order valence-electron chi connectivity index (χ3n) is 5.01. The van der Waals surface area contributed by atoms with Gasteiger partial charge >= 0.3 is 11.9 Å². The van der Waals surface area contributed by atoms with Crippen molar-refractivity contribution in [2.75, 3.05) is 11.9 Å². The van der Waals surface area contributed by atoms with Gasteiger partial charge in [0.2, 0.25) is 5.91 Å². The van der Waals surface area contributed by atoms with Crippen molar-refractivity contribution >= 4 is 23.5 Å². The molecule has 0 aromatic heterocycles. The Hall–Kier alpha value is -2.37. The first-order chi connectivity index (χ1) is 12.8. The third-order valence-corrected chi connectivity index (χ3v) is 5.01. The summed E-state index contributed by atoms with van der Waals surface area (Å²) < 4.78 is 10.7. The molecule has 3 atom stereocenters. The topological polar surface area (TPSA) is 81.7 Å². The van der Waals surface area contributed by atoms with Crippen LogP contribution >= 0.6 is 0 Å². The molecule has 6 heteroatoms. The monoisotopic (exact) mass is 375 g/mol. The van der Waals surface area contributed by atoms with Crippen LogP contribution in [-0.2, 0) is 19.1 Å². The SMILES string of the molecule is CC(=O)Nc1ccc(C(=O)OCC(=O)O[C@H]2C[C@H](C)CC[C@@H]2C(C)C)cc1. The highest BCUT2D eigenvalue weighted by atomic mass is 16.6. The molecule has 1 aromatic carbocycles. The second-order valence-electron chi connectivity index (χ2n) is 7.69. The molecule has 148 valence electrons. The van der Waals surface area contributed by atoms with Gasteiger partial charge in [0.05, 0.1) is 5.56 Å². The van der Waals surface area contributed by atoms with Crippen molar-refractivity contribution in [3.05, 3.63) is 29.8 Å². The number of carbonyl (C=O) groups is 3. The zero-order valence-electron chi connectivity index (χ0n) is 16.5. The average Bonchev–Trinajstić information content (AvgIpc) is 2.59. The third kappa shape index (κ3) is 6.38. The van der Waals surface area contributed by atoms with Crippen molar-refractivity contribution in [1.29, 1.82) is 0 Å². The minimum absolute atomic E-state index is 0.114. The van der Waals surface area contributed by atoms with Gasteiger partial charge in [0, 0.05) is 12.6 Å². The Morgan fingerprint density at radius 2 is 1.81 bits per heavy atom. The quantitative estimate of drug-likeness (QED) is 0.765. The molecule has 2 rings (SSSR count). The molecular weight excluding hydrogens is 346 g/mol. The predicted octanol–water partition coefficient (Wildman–Crippen LogP) is 3.81. The highest BCUT2D eigenvalue weighted by molar-refractivity contribution is 5.92. The van der Waals surface area contributed by atoms with Crippen LogP contribution in [0.5, 0.6) is 0 Å². The van der Waals surface area contributed by atoms with E-state index in [9.17, 15) is 14.4 Å². The number of hydrogen-bond acceptors (Lipinski definition) is 5. The van der Waals surface area contributed by atoms with Crippen molar-refractivity contribution in [2.45, 2.75) is 53.1 Å². The van der Waals surface area contributed by atoms with Gasteiger partial charge in [-0.25, -0.2) is 9.59 Å². The molecule has 27 heavy (non-hydrogen) atoms. The molecule has 0 unspecified atom stereocenters. The first kappa shape index (κ1) is 20.9. The van der Waals surface area contributed by atoms with Gasteiger partial charge < -0.3 is 14.8 Å². The summed E-state index contributed by atoms with van der Waals surface area (Å²) in [4.78, 5) is 35.2. The van der Waals surface area contributed by atoms with E-state index in [4.69, 9.17) is 9.47 Å². The first-order valence-corrected chi connectivity index (χ1v) is 9.50. The molecule has 1 fully saturated rings. The van der Waals surface area contributed by atoms with Crippen LogP contribution in [0.1, 0.15) is 57.3 Å². The Bertz CT molecular complexity index is 668. The lowest BCUT2D eigenvalue weighted by atomic mass is 9.75. The Morgan fingerprint density at radius 1 is 1.15 bits per heavy atom. The van der Waals surface area contributed by atoms with Crippen LogP contribution in [-0.4, -0.2) is 30.6 Å². The Balaban J connectivity index is 1.85. The van der Waals surface area contributed by atoms with Crippen LogP contribution in [0.4, 0.5) is 5.69 Å². The van der Waals surface area contributed by atoms with Gasteiger partial charge in [-0.1, -0.05) is 27.2 Å². The highest BCUT2D eigenvalue weighted by Gasteiger charge is 2.33. The fourth-order valence-corrected chi connectivity index (χ4v) is 3.55.